The fraction of sp³-hybridized carbons (Fsp3) is 0.235. The fourth-order valence-corrected chi connectivity index (χ4v) is 2.37. The number of para-hydroxylation sites is 1. The van der Waals surface area contributed by atoms with E-state index >= 15 is 0 Å². The monoisotopic (exact) mass is 362 g/mol. The first-order valence-corrected chi connectivity index (χ1v) is 7.86. The van der Waals surface area contributed by atoms with Crippen LogP contribution in [0.5, 0.6) is 5.75 Å². The third kappa shape index (κ3) is 5.07. The lowest BCUT2D eigenvalue weighted by Gasteiger charge is -2.09. The van der Waals surface area contributed by atoms with Crippen LogP contribution in [0.25, 0.3) is 0 Å². The summed E-state index contributed by atoms with van der Waals surface area (Å²) in [5, 5.41) is 6.14. The maximum Gasteiger partial charge on any atom is 0.222 e. The first-order chi connectivity index (χ1) is 10.7. The maximum atomic E-state index is 11.8. The Morgan fingerprint density at radius 3 is 2.55 bits per heavy atom. The van der Waals surface area contributed by atoms with E-state index in [2.05, 4.69) is 26.6 Å². The Kier molecular flexibility index (Phi) is 6.27. The molecule has 0 spiro atoms. The summed E-state index contributed by atoms with van der Waals surface area (Å²) in [4.78, 5) is 11.8. The zero-order valence-electron chi connectivity index (χ0n) is 12.4. The van der Waals surface area contributed by atoms with Crippen molar-refractivity contribution < 1.29 is 9.53 Å². The van der Waals surface area contributed by atoms with Crippen molar-refractivity contribution in [3.63, 3.8) is 0 Å². The van der Waals surface area contributed by atoms with E-state index in [-0.39, 0.29) is 5.91 Å². The molecule has 0 aromatic heterocycles. The third-order valence-electron chi connectivity index (χ3n) is 3.19. The Bertz CT molecular complexity index is 614. The Labute approximate surface area is 139 Å². The average molecular weight is 363 g/mol. The van der Waals surface area contributed by atoms with E-state index in [4.69, 9.17) is 4.74 Å². The molecule has 0 radical (unpaired) electrons. The van der Waals surface area contributed by atoms with Crippen LogP contribution in [-0.4, -0.2) is 19.6 Å². The summed E-state index contributed by atoms with van der Waals surface area (Å²) >= 11 is 3.46. The molecule has 0 fully saturated rings. The topological polar surface area (TPSA) is 50.4 Å². The molecule has 0 aliphatic carbocycles. The lowest BCUT2D eigenvalue weighted by atomic mass is 10.2. The van der Waals surface area contributed by atoms with Gasteiger partial charge in [0, 0.05) is 29.7 Å². The minimum Gasteiger partial charge on any atom is -0.497 e. The lowest BCUT2D eigenvalue weighted by molar-refractivity contribution is -0.121. The van der Waals surface area contributed by atoms with Gasteiger partial charge in [0.05, 0.1) is 7.11 Å². The average Bonchev–Trinajstić information content (AvgIpc) is 2.55. The zero-order valence-corrected chi connectivity index (χ0v) is 14.0. The van der Waals surface area contributed by atoms with Crippen molar-refractivity contribution in [1.82, 2.24) is 5.32 Å². The number of nitrogens with one attached hydrogen (secondary N) is 2. The largest absolute Gasteiger partial charge is 0.497 e. The number of rotatable bonds is 7. The highest BCUT2D eigenvalue weighted by atomic mass is 79.9. The van der Waals surface area contributed by atoms with E-state index in [0.717, 1.165) is 21.5 Å². The maximum absolute atomic E-state index is 11.8. The van der Waals surface area contributed by atoms with Gasteiger partial charge in [-0.3, -0.25) is 4.79 Å². The summed E-state index contributed by atoms with van der Waals surface area (Å²) in [5.41, 5.74) is 2.04. The number of benzene rings is 2. The lowest BCUT2D eigenvalue weighted by Crippen LogP contribution is -2.24. The summed E-state index contributed by atoms with van der Waals surface area (Å²) in [7, 11) is 1.63. The number of halogens is 1. The molecule has 0 unspecified atom stereocenters. The van der Waals surface area contributed by atoms with E-state index in [0.29, 0.717) is 19.5 Å². The van der Waals surface area contributed by atoms with Crippen LogP contribution < -0.4 is 15.4 Å². The van der Waals surface area contributed by atoms with E-state index in [9.17, 15) is 4.79 Å². The standard InChI is InChI=1S/C17H19BrN2O2/c1-22-14-8-6-13(7-9-14)12-20-17(21)10-11-19-16-5-3-2-4-15(16)18/h2-9,19H,10-12H2,1H3,(H,20,21). The second-order valence-corrected chi connectivity index (χ2v) is 5.64. The molecule has 4 nitrogen and oxygen atoms in total. The van der Waals surface area contributed by atoms with Gasteiger partial charge in [0.1, 0.15) is 5.75 Å². The number of anilines is 1. The van der Waals surface area contributed by atoms with Gasteiger partial charge in [0.15, 0.2) is 0 Å². The van der Waals surface area contributed by atoms with Gasteiger partial charge in [0.2, 0.25) is 5.91 Å². The van der Waals surface area contributed by atoms with Crippen LogP contribution in [0, 0.1) is 0 Å². The quantitative estimate of drug-likeness (QED) is 0.791. The Balaban J connectivity index is 1.70. The van der Waals surface area contributed by atoms with Crippen LogP contribution in [0.4, 0.5) is 5.69 Å². The van der Waals surface area contributed by atoms with Gasteiger partial charge in [-0.05, 0) is 45.8 Å². The Morgan fingerprint density at radius 2 is 1.86 bits per heavy atom. The minimum absolute atomic E-state index is 0.0235. The molecule has 0 heterocycles. The number of hydrogen-bond donors (Lipinski definition) is 2. The molecule has 0 saturated carbocycles. The molecule has 0 atom stereocenters. The van der Waals surface area contributed by atoms with Gasteiger partial charge < -0.3 is 15.4 Å². The van der Waals surface area contributed by atoms with E-state index in [1.165, 1.54) is 0 Å². The molecular weight excluding hydrogens is 344 g/mol. The fourth-order valence-electron chi connectivity index (χ4n) is 1.95. The van der Waals surface area contributed by atoms with E-state index < -0.39 is 0 Å². The summed E-state index contributed by atoms with van der Waals surface area (Å²) in [6, 6.07) is 15.5. The van der Waals surface area contributed by atoms with Crippen LogP contribution >= 0.6 is 15.9 Å². The van der Waals surface area contributed by atoms with Crippen molar-refractivity contribution in [2.24, 2.45) is 0 Å². The van der Waals surface area contributed by atoms with Gasteiger partial charge in [-0.1, -0.05) is 24.3 Å². The highest BCUT2D eigenvalue weighted by Crippen LogP contribution is 2.20. The third-order valence-corrected chi connectivity index (χ3v) is 3.88. The van der Waals surface area contributed by atoms with Crippen LogP contribution in [-0.2, 0) is 11.3 Å². The van der Waals surface area contributed by atoms with Crippen LogP contribution in [0.3, 0.4) is 0 Å². The van der Waals surface area contributed by atoms with E-state index in [1.54, 1.807) is 7.11 Å². The molecule has 2 aromatic carbocycles. The number of carbonyl (C=O) groups excluding carboxylic acids is 1. The predicted octanol–water partition coefficient (Wildman–Crippen LogP) is 3.58. The Hall–Kier alpha value is -2.01. The molecule has 2 N–H and O–H groups in total. The molecule has 22 heavy (non-hydrogen) atoms. The van der Waals surface area contributed by atoms with Crippen molar-refractivity contribution in [2.75, 3.05) is 19.0 Å². The summed E-state index contributed by atoms with van der Waals surface area (Å²) in [5.74, 6) is 0.836. The molecule has 2 aromatic rings. The Morgan fingerprint density at radius 1 is 1.14 bits per heavy atom. The van der Waals surface area contributed by atoms with Gasteiger partial charge in [-0.15, -0.1) is 0 Å². The summed E-state index contributed by atoms with van der Waals surface area (Å²) in [6.07, 6.45) is 0.428. The van der Waals surface area contributed by atoms with Crippen LogP contribution in [0.15, 0.2) is 53.0 Å². The second kappa shape index (κ2) is 8.44. The van der Waals surface area contributed by atoms with Crippen molar-refractivity contribution in [2.45, 2.75) is 13.0 Å². The van der Waals surface area contributed by atoms with Gasteiger partial charge >= 0.3 is 0 Å². The first-order valence-electron chi connectivity index (χ1n) is 7.07. The van der Waals surface area contributed by atoms with Crippen molar-refractivity contribution >= 4 is 27.5 Å². The number of ether oxygens (including phenoxy) is 1. The van der Waals surface area contributed by atoms with Crippen LogP contribution in [0.2, 0.25) is 0 Å². The molecule has 5 heteroatoms. The first kappa shape index (κ1) is 16.4. The van der Waals surface area contributed by atoms with Gasteiger partial charge in [-0.2, -0.15) is 0 Å². The highest BCUT2D eigenvalue weighted by Gasteiger charge is 2.03. The smallest absolute Gasteiger partial charge is 0.222 e. The molecule has 0 aliphatic heterocycles. The molecule has 0 bridgehead atoms. The number of methoxy groups -OCH3 is 1. The molecule has 1 amide bonds. The minimum atomic E-state index is 0.0235. The molecule has 116 valence electrons. The number of hydrogen-bond acceptors (Lipinski definition) is 3. The van der Waals surface area contributed by atoms with Crippen LogP contribution in [0.1, 0.15) is 12.0 Å². The summed E-state index contributed by atoms with van der Waals surface area (Å²) in [6.45, 7) is 1.12. The second-order valence-electron chi connectivity index (χ2n) is 4.78. The van der Waals surface area contributed by atoms with Gasteiger partial charge in [-0.25, -0.2) is 0 Å². The summed E-state index contributed by atoms with van der Waals surface area (Å²) < 4.78 is 6.09. The van der Waals surface area contributed by atoms with E-state index in [1.807, 2.05) is 48.5 Å². The zero-order chi connectivity index (χ0) is 15.8. The van der Waals surface area contributed by atoms with Crippen molar-refractivity contribution in [1.29, 1.82) is 0 Å². The highest BCUT2D eigenvalue weighted by molar-refractivity contribution is 9.10. The SMILES string of the molecule is COc1ccc(CNC(=O)CCNc2ccccc2Br)cc1. The number of amides is 1. The molecular formula is C17H19BrN2O2. The predicted molar refractivity (Wildman–Crippen MR) is 92.1 cm³/mol. The molecule has 0 aliphatic rings. The van der Waals surface area contributed by atoms with Crippen molar-refractivity contribution in [3.05, 3.63) is 58.6 Å². The normalized spacial score (nSPS) is 10.1. The van der Waals surface area contributed by atoms with Gasteiger partial charge in [0.25, 0.3) is 0 Å². The molecule has 0 saturated heterocycles. The van der Waals surface area contributed by atoms with Crippen molar-refractivity contribution in [3.8, 4) is 5.75 Å². The molecule has 2 rings (SSSR count). The number of carbonyl (C=O) groups is 1.